The third-order valence-electron chi connectivity index (χ3n) is 5.45. The second kappa shape index (κ2) is 11.2. The van der Waals surface area contributed by atoms with E-state index < -0.39 is 35.8 Å². The summed E-state index contributed by atoms with van der Waals surface area (Å²) in [5.41, 5.74) is 1.05. The number of aromatic nitrogens is 1. The third kappa shape index (κ3) is 6.99. The molecule has 1 aliphatic rings. The van der Waals surface area contributed by atoms with E-state index in [2.05, 4.69) is 25.7 Å². The molecule has 0 atom stereocenters. The molecular weight excluding hydrogens is 515 g/mol. The minimum Gasteiger partial charge on any atom is -0.404 e. The standard InChI is InChI=1S/C24H21F5N6O3/c25-15-13-18(26)21(30-14-15)33-23(37)35-11-9-34(10-12-35)17-7-5-16(6-8-17)31-22(36)32-19-3-1-2-4-20(19)38-24(27,28)29/h1-8,13-14H,9-12H2,(H,30,33,37)(H2,31,32,36). The summed E-state index contributed by atoms with van der Waals surface area (Å²) >= 11 is 0. The number of anilines is 4. The summed E-state index contributed by atoms with van der Waals surface area (Å²) in [7, 11) is 0. The lowest BCUT2D eigenvalue weighted by Crippen LogP contribution is -2.50. The van der Waals surface area contributed by atoms with Gasteiger partial charge in [-0.1, -0.05) is 12.1 Å². The molecule has 4 rings (SSSR count). The van der Waals surface area contributed by atoms with Crippen molar-refractivity contribution in [2.24, 2.45) is 0 Å². The summed E-state index contributed by atoms with van der Waals surface area (Å²) in [4.78, 5) is 31.7. The van der Waals surface area contributed by atoms with Crippen LogP contribution in [0.1, 0.15) is 0 Å². The van der Waals surface area contributed by atoms with E-state index in [1.807, 2.05) is 4.90 Å². The first-order valence-electron chi connectivity index (χ1n) is 11.2. The van der Waals surface area contributed by atoms with Crippen LogP contribution in [0.15, 0.2) is 60.8 Å². The molecule has 1 aromatic heterocycles. The lowest BCUT2D eigenvalue weighted by Gasteiger charge is -2.36. The van der Waals surface area contributed by atoms with Gasteiger partial charge in [0.1, 0.15) is 5.82 Å². The van der Waals surface area contributed by atoms with Gasteiger partial charge in [-0.3, -0.25) is 5.32 Å². The highest BCUT2D eigenvalue weighted by molar-refractivity contribution is 6.00. The van der Waals surface area contributed by atoms with Gasteiger partial charge in [-0.25, -0.2) is 23.4 Å². The van der Waals surface area contributed by atoms with Crippen LogP contribution >= 0.6 is 0 Å². The number of pyridine rings is 1. The van der Waals surface area contributed by atoms with Gasteiger partial charge in [-0.2, -0.15) is 0 Å². The lowest BCUT2D eigenvalue weighted by molar-refractivity contribution is -0.274. The monoisotopic (exact) mass is 536 g/mol. The fraction of sp³-hybridized carbons (Fsp3) is 0.208. The number of halogens is 5. The number of nitrogens with one attached hydrogen (secondary N) is 3. The Morgan fingerprint density at radius 2 is 1.58 bits per heavy atom. The van der Waals surface area contributed by atoms with E-state index in [0.717, 1.165) is 18.0 Å². The summed E-state index contributed by atoms with van der Waals surface area (Å²) in [6.45, 7) is 1.60. The Morgan fingerprint density at radius 3 is 2.24 bits per heavy atom. The first kappa shape index (κ1) is 26.4. The van der Waals surface area contributed by atoms with E-state index in [0.29, 0.717) is 37.9 Å². The van der Waals surface area contributed by atoms with Crippen molar-refractivity contribution in [3.63, 3.8) is 0 Å². The second-order valence-corrected chi connectivity index (χ2v) is 8.06. The minimum atomic E-state index is -4.91. The molecule has 1 aliphatic heterocycles. The van der Waals surface area contributed by atoms with Gasteiger partial charge >= 0.3 is 18.4 Å². The molecule has 0 bridgehead atoms. The maximum atomic E-state index is 13.7. The predicted molar refractivity (Wildman–Crippen MR) is 129 cm³/mol. The molecule has 0 unspecified atom stereocenters. The Kier molecular flexibility index (Phi) is 7.79. The van der Waals surface area contributed by atoms with E-state index in [-0.39, 0.29) is 11.5 Å². The highest BCUT2D eigenvalue weighted by Gasteiger charge is 2.32. The van der Waals surface area contributed by atoms with E-state index in [1.165, 1.54) is 23.1 Å². The number of nitrogens with zero attached hydrogens (tertiary/aromatic N) is 3. The highest BCUT2D eigenvalue weighted by atomic mass is 19.4. The average molecular weight is 536 g/mol. The molecule has 38 heavy (non-hydrogen) atoms. The zero-order valence-electron chi connectivity index (χ0n) is 19.6. The molecule has 2 heterocycles. The lowest BCUT2D eigenvalue weighted by atomic mass is 10.2. The van der Waals surface area contributed by atoms with Gasteiger partial charge in [0, 0.05) is 43.6 Å². The molecule has 14 heteroatoms. The van der Waals surface area contributed by atoms with Crippen molar-refractivity contribution in [3.8, 4) is 5.75 Å². The molecule has 0 radical (unpaired) electrons. The number of carbonyl (C=O) groups is 2. The van der Waals surface area contributed by atoms with Gasteiger partial charge in [-0.15, -0.1) is 13.2 Å². The Labute approximate surface area is 213 Å². The number of amides is 4. The molecule has 0 spiro atoms. The van der Waals surface area contributed by atoms with Crippen LogP contribution < -0.4 is 25.6 Å². The number of rotatable bonds is 5. The molecule has 3 aromatic rings. The van der Waals surface area contributed by atoms with Gasteiger partial charge in [0.15, 0.2) is 17.4 Å². The molecule has 2 aromatic carbocycles. The van der Waals surface area contributed by atoms with Crippen LogP contribution in [0, 0.1) is 11.6 Å². The maximum Gasteiger partial charge on any atom is 0.573 e. The topological polar surface area (TPSA) is 98.8 Å². The molecule has 4 amide bonds. The Morgan fingerprint density at radius 1 is 0.895 bits per heavy atom. The largest absolute Gasteiger partial charge is 0.573 e. The van der Waals surface area contributed by atoms with Crippen molar-refractivity contribution in [1.29, 1.82) is 0 Å². The van der Waals surface area contributed by atoms with Crippen LogP contribution in [0.3, 0.4) is 0 Å². The Bertz CT molecular complexity index is 1300. The first-order valence-corrected chi connectivity index (χ1v) is 11.2. The van der Waals surface area contributed by atoms with Crippen molar-refractivity contribution >= 4 is 34.9 Å². The molecule has 9 nitrogen and oxygen atoms in total. The molecule has 1 fully saturated rings. The smallest absolute Gasteiger partial charge is 0.404 e. The molecule has 0 aliphatic carbocycles. The van der Waals surface area contributed by atoms with E-state index in [1.54, 1.807) is 24.3 Å². The quantitative estimate of drug-likeness (QED) is 0.387. The SMILES string of the molecule is O=C(Nc1ccc(N2CCN(C(=O)Nc3ncc(F)cc3F)CC2)cc1)Nc1ccccc1OC(F)(F)F. The fourth-order valence-corrected chi connectivity index (χ4v) is 3.68. The van der Waals surface area contributed by atoms with E-state index >= 15 is 0 Å². The van der Waals surface area contributed by atoms with Crippen LogP contribution in [0.25, 0.3) is 0 Å². The summed E-state index contributed by atoms with van der Waals surface area (Å²) in [6.07, 6.45) is -4.10. The van der Waals surface area contributed by atoms with Gasteiger partial charge in [0.05, 0.1) is 11.9 Å². The number of hydrogen-bond donors (Lipinski definition) is 3. The van der Waals surface area contributed by atoms with Crippen molar-refractivity contribution in [2.45, 2.75) is 6.36 Å². The van der Waals surface area contributed by atoms with Gasteiger partial charge in [-0.05, 0) is 36.4 Å². The van der Waals surface area contributed by atoms with Crippen molar-refractivity contribution in [1.82, 2.24) is 9.88 Å². The van der Waals surface area contributed by atoms with Gasteiger partial charge in [0.2, 0.25) is 0 Å². The van der Waals surface area contributed by atoms with Gasteiger partial charge < -0.3 is 25.2 Å². The summed E-state index contributed by atoms with van der Waals surface area (Å²) in [6, 6.07) is 11.2. The highest BCUT2D eigenvalue weighted by Crippen LogP contribution is 2.30. The van der Waals surface area contributed by atoms with Crippen LogP contribution in [0.2, 0.25) is 0 Å². The normalized spacial score (nSPS) is 13.6. The average Bonchev–Trinajstić information content (AvgIpc) is 2.86. The number of carbonyl (C=O) groups excluding carboxylic acids is 2. The van der Waals surface area contributed by atoms with E-state index in [4.69, 9.17) is 0 Å². The molecule has 0 saturated carbocycles. The number of urea groups is 2. The van der Waals surface area contributed by atoms with Crippen LogP contribution in [-0.2, 0) is 0 Å². The Hall–Kier alpha value is -4.62. The molecule has 1 saturated heterocycles. The summed E-state index contributed by atoms with van der Waals surface area (Å²) in [5.74, 6) is -2.73. The van der Waals surface area contributed by atoms with Crippen molar-refractivity contribution in [3.05, 3.63) is 72.4 Å². The number of para-hydroxylation sites is 2. The number of hydrogen-bond acceptors (Lipinski definition) is 5. The van der Waals surface area contributed by atoms with Crippen molar-refractivity contribution in [2.75, 3.05) is 47.0 Å². The summed E-state index contributed by atoms with van der Waals surface area (Å²) in [5, 5.41) is 7.19. The molecule has 200 valence electrons. The predicted octanol–water partition coefficient (Wildman–Crippen LogP) is 5.26. The fourth-order valence-electron chi connectivity index (χ4n) is 3.68. The molecular formula is C24H21F5N6O3. The second-order valence-electron chi connectivity index (χ2n) is 8.06. The maximum absolute atomic E-state index is 13.7. The number of alkyl halides is 3. The number of benzene rings is 2. The van der Waals surface area contributed by atoms with Gasteiger partial charge in [0.25, 0.3) is 0 Å². The van der Waals surface area contributed by atoms with Crippen LogP contribution in [-0.4, -0.2) is 54.5 Å². The molecule has 3 N–H and O–H groups in total. The zero-order valence-corrected chi connectivity index (χ0v) is 19.6. The van der Waals surface area contributed by atoms with Crippen molar-refractivity contribution < 1.29 is 36.3 Å². The minimum absolute atomic E-state index is 0.154. The number of ether oxygens (including phenoxy) is 1. The van der Waals surface area contributed by atoms with Crippen LogP contribution in [0.4, 0.5) is 54.4 Å². The van der Waals surface area contributed by atoms with E-state index in [9.17, 15) is 31.5 Å². The first-order chi connectivity index (χ1) is 18.1. The third-order valence-corrected chi connectivity index (χ3v) is 5.45. The Balaban J connectivity index is 1.28. The number of piperazine rings is 1. The summed E-state index contributed by atoms with van der Waals surface area (Å²) < 4.78 is 68.4. The zero-order chi connectivity index (χ0) is 27.3. The van der Waals surface area contributed by atoms with Crippen LogP contribution in [0.5, 0.6) is 5.75 Å².